The molecule has 1 aliphatic rings. The first-order chi connectivity index (χ1) is 8.28. The molecule has 0 saturated carbocycles. The van der Waals surface area contributed by atoms with E-state index in [9.17, 15) is 0 Å². The molecule has 0 bridgehead atoms. The lowest BCUT2D eigenvalue weighted by atomic mass is 10.1. The van der Waals surface area contributed by atoms with Gasteiger partial charge in [-0.3, -0.25) is 0 Å². The highest BCUT2D eigenvalue weighted by molar-refractivity contribution is 4.85. The van der Waals surface area contributed by atoms with Crippen LogP contribution in [0.1, 0.15) is 31.5 Å². The van der Waals surface area contributed by atoms with Crippen molar-refractivity contribution in [3.63, 3.8) is 0 Å². The number of likely N-dealkylation sites (N-methyl/N-ethyl adjacent to an activating group) is 1. The summed E-state index contributed by atoms with van der Waals surface area (Å²) in [5.41, 5.74) is 0. The molecule has 5 heteroatoms. The number of rotatable bonds is 5. The van der Waals surface area contributed by atoms with E-state index in [0.717, 1.165) is 37.8 Å². The molecule has 1 N–H and O–H groups in total. The van der Waals surface area contributed by atoms with Gasteiger partial charge >= 0.3 is 0 Å². The fraction of sp³-hybridized carbons (Fsp3) is 0.833. The molecule has 0 spiro atoms. The van der Waals surface area contributed by atoms with Gasteiger partial charge in [0, 0.05) is 25.6 Å². The van der Waals surface area contributed by atoms with Gasteiger partial charge in [-0.2, -0.15) is 4.98 Å². The molecule has 1 aliphatic heterocycles. The van der Waals surface area contributed by atoms with Crippen LogP contribution in [0.3, 0.4) is 0 Å². The van der Waals surface area contributed by atoms with Crippen molar-refractivity contribution < 1.29 is 4.52 Å². The Labute approximate surface area is 103 Å². The summed E-state index contributed by atoms with van der Waals surface area (Å²) in [4.78, 5) is 6.71. The maximum atomic E-state index is 5.13. The summed E-state index contributed by atoms with van der Waals surface area (Å²) < 4.78 is 5.13. The fourth-order valence-corrected chi connectivity index (χ4v) is 2.41. The minimum absolute atomic E-state index is 0.651. The first-order valence-corrected chi connectivity index (χ1v) is 6.53. The van der Waals surface area contributed by atoms with Crippen LogP contribution in [0.25, 0.3) is 0 Å². The molecular formula is C12H22N4O. The van der Waals surface area contributed by atoms with E-state index in [-0.39, 0.29) is 0 Å². The van der Waals surface area contributed by atoms with Gasteiger partial charge in [-0.1, -0.05) is 12.1 Å². The first-order valence-electron chi connectivity index (χ1n) is 6.53. The summed E-state index contributed by atoms with van der Waals surface area (Å²) in [6.45, 7) is 8.43. The average molecular weight is 238 g/mol. The molecule has 1 aromatic rings. The van der Waals surface area contributed by atoms with Crippen molar-refractivity contribution in [1.82, 2.24) is 20.4 Å². The normalized spacial score (nSPS) is 21.9. The van der Waals surface area contributed by atoms with Gasteiger partial charge in [-0.25, -0.2) is 0 Å². The standard InChI is InChI=1S/C12H22N4O/c1-3-13-11-5-4-7-16(9-11)8-6-12-14-10(2)15-17-12/h11,13H,3-9H2,1-2H3. The molecule has 1 unspecified atom stereocenters. The van der Waals surface area contributed by atoms with Crippen LogP contribution in [-0.4, -0.2) is 47.3 Å². The topological polar surface area (TPSA) is 54.2 Å². The molecule has 2 rings (SSSR count). The van der Waals surface area contributed by atoms with E-state index in [1.54, 1.807) is 0 Å². The molecule has 0 radical (unpaired) electrons. The Morgan fingerprint density at radius 1 is 1.53 bits per heavy atom. The van der Waals surface area contributed by atoms with Crippen LogP contribution in [0.15, 0.2) is 4.52 Å². The van der Waals surface area contributed by atoms with Crippen LogP contribution < -0.4 is 5.32 Å². The molecule has 17 heavy (non-hydrogen) atoms. The van der Waals surface area contributed by atoms with Crippen LogP contribution in [-0.2, 0) is 6.42 Å². The van der Waals surface area contributed by atoms with Crippen LogP contribution >= 0.6 is 0 Å². The summed E-state index contributed by atoms with van der Waals surface area (Å²) >= 11 is 0. The zero-order valence-electron chi connectivity index (χ0n) is 10.8. The van der Waals surface area contributed by atoms with Gasteiger partial charge in [-0.05, 0) is 32.9 Å². The number of aromatic nitrogens is 2. The third-order valence-corrected chi connectivity index (χ3v) is 3.21. The van der Waals surface area contributed by atoms with Crippen molar-refractivity contribution >= 4 is 0 Å². The Kier molecular flexibility index (Phi) is 4.50. The van der Waals surface area contributed by atoms with E-state index < -0.39 is 0 Å². The minimum Gasteiger partial charge on any atom is -0.339 e. The van der Waals surface area contributed by atoms with Crippen molar-refractivity contribution in [3.8, 4) is 0 Å². The second-order valence-corrected chi connectivity index (χ2v) is 4.68. The largest absolute Gasteiger partial charge is 0.339 e. The molecule has 1 atom stereocenters. The van der Waals surface area contributed by atoms with E-state index in [2.05, 4.69) is 27.3 Å². The second-order valence-electron chi connectivity index (χ2n) is 4.68. The highest BCUT2D eigenvalue weighted by Gasteiger charge is 2.19. The van der Waals surface area contributed by atoms with Crippen molar-refractivity contribution in [1.29, 1.82) is 0 Å². The lowest BCUT2D eigenvalue weighted by Crippen LogP contribution is -2.46. The Hall–Kier alpha value is -0.940. The molecule has 1 fully saturated rings. The Morgan fingerprint density at radius 2 is 2.41 bits per heavy atom. The number of nitrogens with one attached hydrogen (secondary N) is 1. The number of likely N-dealkylation sites (tertiary alicyclic amines) is 1. The van der Waals surface area contributed by atoms with Gasteiger partial charge in [0.05, 0.1) is 0 Å². The monoisotopic (exact) mass is 238 g/mol. The molecular weight excluding hydrogens is 216 g/mol. The first kappa shape index (κ1) is 12.5. The minimum atomic E-state index is 0.651. The molecule has 1 aromatic heterocycles. The molecule has 2 heterocycles. The van der Waals surface area contributed by atoms with Crippen molar-refractivity contribution in [3.05, 3.63) is 11.7 Å². The third-order valence-electron chi connectivity index (χ3n) is 3.21. The van der Waals surface area contributed by atoms with E-state index in [4.69, 9.17) is 4.52 Å². The number of hydrogen-bond donors (Lipinski definition) is 1. The molecule has 1 saturated heterocycles. The second kappa shape index (κ2) is 6.12. The predicted octanol–water partition coefficient (Wildman–Crippen LogP) is 0.994. The molecule has 96 valence electrons. The van der Waals surface area contributed by atoms with Gasteiger partial charge in [0.15, 0.2) is 5.82 Å². The predicted molar refractivity (Wildman–Crippen MR) is 65.9 cm³/mol. The molecule has 0 amide bonds. The molecule has 0 aromatic carbocycles. The molecule has 5 nitrogen and oxygen atoms in total. The highest BCUT2D eigenvalue weighted by Crippen LogP contribution is 2.10. The van der Waals surface area contributed by atoms with E-state index >= 15 is 0 Å². The highest BCUT2D eigenvalue weighted by atomic mass is 16.5. The van der Waals surface area contributed by atoms with Crippen LogP contribution in [0.2, 0.25) is 0 Å². The van der Waals surface area contributed by atoms with Crippen LogP contribution in [0.5, 0.6) is 0 Å². The van der Waals surface area contributed by atoms with Crippen molar-refractivity contribution in [2.75, 3.05) is 26.2 Å². The summed E-state index contributed by atoms with van der Waals surface area (Å²) in [6.07, 6.45) is 3.43. The van der Waals surface area contributed by atoms with Gasteiger partial charge in [-0.15, -0.1) is 0 Å². The van der Waals surface area contributed by atoms with Gasteiger partial charge in [0.2, 0.25) is 5.89 Å². The van der Waals surface area contributed by atoms with Crippen molar-refractivity contribution in [2.45, 2.75) is 39.2 Å². The smallest absolute Gasteiger partial charge is 0.227 e. The summed E-state index contributed by atoms with van der Waals surface area (Å²) in [5, 5.41) is 7.33. The Morgan fingerprint density at radius 3 is 3.12 bits per heavy atom. The van der Waals surface area contributed by atoms with Crippen LogP contribution in [0, 0.1) is 6.92 Å². The SMILES string of the molecule is CCNC1CCCN(CCc2nc(C)no2)C1. The third kappa shape index (κ3) is 3.78. The summed E-state index contributed by atoms with van der Waals surface area (Å²) in [5.74, 6) is 1.48. The number of aryl methyl sites for hydroxylation is 1. The van der Waals surface area contributed by atoms with E-state index in [1.807, 2.05) is 6.92 Å². The summed E-state index contributed by atoms with van der Waals surface area (Å²) in [6, 6.07) is 0.651. The van der Waals surface area contributed by atoms with Gasteiger partial charge in [0.1, 0.15) is 0 Å². The lowest BCUT2D eigenvalue weighted by molar-refractivity contribution is 0.188. The van der Waals surface area contributed by atoms with E-state index in [0.29, 0.717) is 6.04 Å². The van der Waals surface area contributed by atoms with E-state index in [1.165, 1.54) is 19.4 Å². The van der Waals surface area contributed by atoms with Gasteiger partial charge in [0.25, 0.3) is 0 Å². The fourth-order valence-electron chi connectivity index (χ4n) is 2.41. The van der Waals surface area contributed by atoms with Crippen molar-refractivity contribution in [2.24, 2.45) is 0 Å². The Bertz CT molecular complexity index is 337. The maximum absolute atomic E-state index is 5.13. The summed E-state index contributed by atoms with van der Waals surface area (Å²) in [7, 11) is 0. The zero-order valence-corrected chi connectivity index (χ0v) is 10.8. The average Bonchev–Trinajstić information content (AvgIpc) is 2.74. The van der Waals surface area contributed by atoms with Gasteiger partial charge < -0.3 is 14.7 Å². The lowest BCUT2D eigenvalue weighted by Gasteiger charge is -2.32. The Balaban J connectivity index is 1.75. The number of piperidine rings is 1. The molecule has 0 aliphatic carbocycles. The maximum Gasteiger partial charge on any atom is 0.227 e. The quantitative estimate of drug-likeness (QED) is 0.829. The zero-order chi connectivity index (χ0) is 12.1. The number of nitrogens with zero attached hydrogens (tertiary/aromatic N) is 3. The van der Waals surface area contributed by atoms with Crippen LogP contribution in [0.4, 0.5) is 0 Å². The number of hydrogen-bond acceptors (Lipinski definition) is 5.